The zero-order valence-electron chi connectivity index (χ0n) is 9.86. The molecule has 2 N–H and O–H groups in total. The van der Waals surface area contributed by atoms with E-state index in [4.69, 9.17) is 0 Å². The highest BCUT2D eigenvalue weighted by molar-refractivity contribution is 9.10. The van der Waals surface area contributed by atoms with E-state index in [-0.39, 0.29) is 23.2 Å². The molecule has 1 aromatic rings. The molecule has 0 amide bonds. The molecule has 96 valence electrons. The van der Waals surface area contributed by atoms with Crippen molar-refractivity contribution in [1.29, 1.82) is 0 Å². The fraction of sp³-hybridized carbons (Fsp3) is 0.500. The van der Waals surface area contributed by atoms with Gasteiger partial charge in [-0.15, -0.1) is 0 Å². The molecule has 0 radical (unpaired) electrons. The van der Waals surface area contributed by atoms with E-state index in [2.05, 4.69) is 21.2 Å². The second-order valence-corrected chi connectivity index (χ2v) is 5.10. The van der Waals surface area contributed by atoms with Crippen LogP contribution in [-0.4, -0.2) is 17.3 Å². The minimum Gasteiger partial charge on any atom is -0.394 e. The van der Waals surface area contributed by atoms with Crippen molar-refractivity contribution < 1.29 is 13.9 Å². The minimum atomic E-state index is -0.603. The zero-order valence-corrected chi connectivity index (χ0v) is 11.4. The van der Waals surface area contributed by atoms with Crippen molar-refractivity contribution >= 4 is 15.9 Å². The van der Waals surface area contributed by atoms with Crippen LogP contribution in [0.5, 0.6) is 0 Å². The Morgan fingerprint density at radius 2 is 2.06 bits per heavy atom. The van der Waals surface area contributed by atoms with E-state index in [1.165, 1.54) is 12.1 Å². The van der Waals surface area contributed by atoms with Crippen LogP contribution in [0.2, 0.25) is 0 Å². The predicted octanol–water partition coefficient (Wildman–Crippen LogP) is 2.98. The van der Waals surface area contributed by atoms with Gasteiger partial charge < -0.3 is 10.4 Å². The van der Waals surface area contributed by atoms with Gasteiger partial charge in [-0.3, -0.25) is 0 Å². The standard InChI is InChI=1S/C12H16BrF2NO/c1-3-12(2,7-17)16-6-8-10(14)5-4-9(13)11(8)15/h4-5,16-17H,3,6-7H2,1-2H3. The molecular weight excluding hydrogens is 292 g/mol. The summed E-state index contributed by atoms with van der Waals surface area (Å²) < 4.78 is 27.3. The molecule has 2 nitrogen and oxygen atoms in total. The van der Waals surface area contributed by atoms with E-state index in [0.29, 0.717) is 6.42 Å². The van der Waals surface area contributed by atoms with Crippen LogP contribution >= 0.6 is 15.9 Å². The van der Waals surface area contributed by atoms with Crippen molar-refractivity contribution in [2.45, 2.75) is 32.4 Å². The predicted molar refractivity (Wildman–Crippen MR) is 66.7 cm³/mol. The van der Waals surface area contributed by atoms with Crippen LogP contribution in [0.3, 0.4) is 0 Å². The van der Waals surface area contributed by atoms with Gasteiger partial charge in [-0.25, -0.2) is 8.78 Å². The number of rotatable bonds is 5. The molecule has 1 aromatic carbocycles. The Bertz CT molecular complexity index is 394. The van der Waals surface area contributed by atoms with Crippen LogP contribution in [0.25, 0.3) is 0 Å². The molecule has 0 saturated heterocycles. The monoisotopic (exact) mass is 307 g/mol. The first-order valence-electron chi connectivity index (χ1n) is 5.42. The highest BCUT2D eigenvalue weighted by atomic mass is 79.9. The van der Waals surface area contributed by atoms with Crippen LogP contribution in [0.15, 0.2) is 16.6 Å². The van der Waals surface area contributed by atoms with E-state index in [9.17, 15) is 13.9 Å². The summed E-state index contributed by atoms with van der Waals surface area (Å²) >= 11 is 3.02. The largest absolute Gasteiger partial charge is 0.394 e. The zero-order chi connectivity index (χ0) is 13.1. The lowest BCUT2D eigenvalue weighted by atomic mass is 10.00. The molecule has 0 bridgehead atoms. The maximum atomic E-state index is 13.7. The molecule has 0 saturated carbocycles. The molecule has 0 aliphatic heterocycles. The van der Waals surface area contributed by atoms with E-state index in [0.717, 1.165) is 0 Å². The molecule has 0 heterocycles. The Balaban J connectivity index is 2.86. The molecule has 1 rings (SSSR count). The quantitative estimate of drug-likeness (QED) is 0.820. The lowest BCUT2D eigenvalue weighted by molar-refractivity contribution is 0.168. The van der Waals surface area contributed by atoms with E-state index < -0.39 is 17.2 Å². The first-order chi connectivity index (χ1) is 7.93. The first-order valence-corrected chi connectivity index (χ1v) is 6.21. The number of aliphatic hydroxyl groups excluding tert-OH is 1. The summed E-state index contributed by atoms with van der Waals surface area (Å²) in [5.41, 5.74) is -0.547. The third-order valence-corrected chi connectivity index (χ3v) is 3.57. The van der Waals surface area contributed by atoms with Crippen molar-refractivity contribution in [2.75, 3.05) is 6.61 Å². The van der Waals surface area contributed by atoms with E-state index in [1.807, 2.05) is 6.92 Å². The van der Waals surface area contributed by atoms with Gasteiger partial charge in [0, 0.05) is 17.6 Å². The SMILES string of the molecule is CCC(C)(CO)NCc1c(F)ccc(Br)c1F. The van der Waals surface area contributed by atoms with Crippen LogP contribution in [0.1, 0.15) is 25.8 Å². The average Bonchev–Trinajstić information content (AvgIpc) is 2.33. The molecule has 0 aliphatic rings. The van der Waals surface area contributed by atoms with Crippen LogP contribution in [0, 0.1) is 11.6 Å². The number of aliphatic hydroxyl groups is 1. The van der Waals surface area contributed by atoms with Gasteiger partial charge >= 0.3 is 0 Å². The lowest BCUT2D eigenvalue weighted by Gasteiger charge is -2.27. The van der Waals surface area contributed by atoms with Crippen molar-refractivity contribution in [3.63, 3.8) is 0 Å². The molecule has 1 atom stereocenters. The average molecular weight is 308 g/mol. The smallest absolute Gasteiger partial charge is 0.144 e. The summed E-state index contributed by atoms with van der Waals surface area (Å²) in [6.07, 6.45) is 0.667. The van der Waals surface area contributed by atoms with Gasteiger partial charge in [0.2, 0.25) is 0 Å². The summed E-state index contributed by atoms with van der Waals surface area (Å²) in [7, 11) is 0. The minimum absolute atomic E-state index is 0.0208. The molecule has 0 spiro atoms. The summed E-state index contributed by atoms with van der Waals surface area (Å²) in [6, 6.07) is 2.55. The Labute approximate surface area is 108 Å². The van der Waals surface area contributed by atoms with Crippen LogP contribution in [0.4, 0.5) is 8.78 Å². The second kappa shape index (κ2) is 5.89. The number of benzene rings is 1. The summed E-state index contributed by atoms with van der Waals surface area (Å²) in [5.74, 6) is -1.19. The van der Waals surface area contributed by atoms with Crippen LogP contribution in [-0.2, 0) is 6.54 Å². The fourth-order valence-corrected chi connectivity index (χ4v) is 1.70. The van der Waals surface area contributed by atoms with Gasteiger partial charge in [-0.05, 0) is 41.4 Å². The van der Waals surface area contributed by atoms with Gasteiger partial charge in [0.1, 0.15) is 11.6 Å². The molecule has 0 aliphatic carbocycles. The van der Waals surface area contributed by atoms with Crippen molar-refractivity contribution in [3.05, 3.63) is 33.8 Å². The topological polar surface area (TPSA) is 32.3 Å². The Morgan fingerprint density at radius 3 is 2.59 bits per heavy atom. The van der Waals surface area contributed by atoms with Gasteiger partial charge in [0.05, 0.1) is 11.1 Å². The number of nitrogens with one attached hydrogen (secondary N) is 1. The van der Waals surface area contributed by atoms with Crippen molar-refractivity contribution in [1.82, 2.24) is 5.32 Å². The van der Waals surface area contributed by atoms with Crippen molar-refractivity contribution in [3.8, 4) is 0 Å². The Hall–Kier alpha value is -0.520. The molecule has 17 heavy (non-hydrogen) atoms. The Morgan fingerprint density at radius 1 is 1.41 bits per heavy atom. The summed E-state index contributed by atoms with van der Waals surface area (Å²) in [4.78, 5) is 0. The van der Waals surface area contributed by atoms with Gasteiger partial charge in [-0.2, -0.15) is 0 Å². The number of halogens is 3. The maximum absolute atomic E-state index is 13.7. The normalized spacial score (nSPS) is 14.7. The molecular formula is C12H16BrF2NO. The third-order valence-electron chi connectivity index (χ3n) is 2.96. The van der Waals surface area contributed by atoms with Gasteiger partial charge in [0.15, 0.2) is 0 Å². The number of hydrogen-bond acceptors (Lipinski definition) is 2. The molecule has 0 fully saturated rings. The summed E-state index contributed by atoms with van der Waals surface area (Å²) in [5, 5.41) is 12.2. The number of hydrogen-bond donors (Lipinski definition) is 2. The highest BCUT2D eigenvalue weighted by Gasteiger charge is 2.21. The van der Waals surface area contributed by atoms with Crippen LogP contribution < -0.4 is 5.32 Å². The molecule has 0 aromatic heterocycles. The van der Waals surface area contributed by atoms with E-state index >= 15 is 0 Å². The second-order valence-electron chi connectivity index (χ2n) is 4.25. The maximum Gasteiger partial charge on any atom is 0.144 e. The first kappa shape index (κ1) is 14.5. The lowest BCUT2D eigenvalue weighted by Crippen LogP contribution is -2.44. The highest BCUT2D eigenvalue weighted by Crippen LogP contribution is 2.22. The van der Waals surface area contributed by atoms with E-state index in [1.54, 1.807) is 6.92 Å². The Kier molecular flexibility index (Phi) is 5.04. The summed E-state index contributed by atoms with van der Waals surface area (Å²) in [6.45, 7) is 3.67. The third kappa shape index (κ3) is 3.47. The van der Waals surface area contributed by atoms with Crippen molar-refractivity contribution in [2.24, 2.45) is 0 Å². The van der Waals surface area contributed by atoms with Gasteiger partial charge in [-0.1, -0.05) is 6.92 Å². The fourth-order valence-electron chi connectivity index (χ4n) is 1.33. The molecule has 5 heteroatoms. The molecule has 1 unspecified atom stereocenters. The van der Waals surface area contributed by atoms with Gasteiger partial charge in [0.25, 0.3) is 0 Å².